The fourth-order valence-electron chi connectivity index (χ4n) is 3.68. The first kappa shape index (κ1) is 20.6. The van der Waals surface area contributed by atoms with Crippen molar-refractivity contribution < 1.29 is 9.59 Å². The van der Waals surface area contributed by atoms with E-state index in [1.54, 1.807) is 30.5 Å². The number of pyridine rings is 1. The molecule has 1 aliphatic rings. The molecule has 0 atom stereocenters. The SMILES string of the molecule is O=C(NCCc1ccccc1)c1ccc(NC(=O)c2cc(N3CCCC3)ccn2)cc1. The fraction of sp³-hybridized carbons (Fsp3) is 0.240. The first-order chi connectivity index (χ1) is 15.2. The van der Waals surface area contributed by atoms with Crippen LogP contribution in [0.25, 0.3) is 0 Å². The highest BCUT2D eigenvalue weighted by Crippen LogP contribution is 2.20. The molecule has 0 saturated carbocycles. The number of benzene rings is 2. The molecule has 6 nitrogen and oxygen atoms in total. The number of nitrogens with one attached hydrogen (secondary N) is 2. The van der Waals surface area contributed by atoms with Crippen molar-refractivity contribution in [2.24, 2.45) is 0 Å². The van der Waals surface area contributed by atoms with Crippen LogP contribution in [0.4, 0.5) is 11.4 Å². The number of carbonyl (C=O) groups is 2. The fourth-order valence-corrected chi connectivity index (χ4v) is 3.68. The van der Waals surface area contributed by atoms with E-state index < -0.39 is 0 Å². The van der Waals surface area contributed by atoms with Gasteiger partial charge in [0.15, 0.2) is 0 Å². The Balaban J connectivity index is 1.31. The zero-order valence-electron chi connectivity index (χ0n) is 17.4. The maximum Gasteiger partial charge on any atom is 0.274 e. The van der Waals surface area contributed by atoms with Crippen molar-refractivity contribution in [1.29, 1.82) is 0 Å². The maximum atomic E-state index is 12.6. The summed E-state index contributed by atoms with van der Waals surface area (Å²) in [7, 11) is 0. The maximum absolute atomic E-state index is 12.6. The molecule has 1 saturated heterocycles. The summed E-state index contributed by atoms with van der Waals surface area (Å²) in [6, 6.07) is 20.7. The number of aromatic nitrogens is 1. The Morgan fingerprint density at radius 3 is 2.39 bits per heavy atom. The van der Waals surface area contributed by atoms with E-state index in [2.05, 4.69) is 20.5 Å². The first-order valence-corrected chi connectivity index (χ1v) is 10.6. The van der Waals surface area contributed by atoms with Crippen molar-refractivity contribution in [2.75, 3.05) is 29.9 Å². The lowest BCUT2D eigenvalue weighted by molar-refractivity contribution is 0.0953. The minimum Gasteiger partial charge on any atom is -0.371 e. The van der Waals surface area contributed by atoms with E-state index in [0.29, 0.717) is 23.5 Å². The van der Waals surface area contributed by atoms with Crippen LogP contribution in [-0.4, -0.2) is 36.4 Å². The molecule has 0 bridgehead atoms. The van der Waals surface area contributed by atoms with Crippen molar-refractivity contribution in [3.8, 4) is 0 Å². The highest BCUT2D eigenvalue weighted by atomic mass is 16.2. The Morgan fingerprint density at radius 1 is 0.903 bits per heavy atom. The number of hydrogen-bond acceptors (Lipinski definition) is 4. The third-order valence-electron chi connectivity index (χ3n) is 5.39. The van der Waals surface area contributed by atoms with Crippen LogP contribution < -0.4 is 15.5 Å². The largest absolute Gasteiger partial charge is 0.371 e. The monoisotopic (exact) mass is 414 g/mol. The quantitative estimate of drug-likeness (QED) is 0.615. The second kappa shape index (κ2) is 9.89. The van der Waals surface area contributed by atoms with Crippen LogP contribution in [0.3, 0.4) is 0 Å². The standard InChI is InChI=1S/C25H26N4O2/c30-24(27-14-12-19-6-2-1-3-7-19)20-8-10-21(11-9-20)28-25(31)23-18-22(13-15-26-23)29-16-4-5-17-29/h1-3,6-11,13,15,18H,4-5,12,14,16-17H2,(H,27,30)(H,28,31). The topological polar surface area (TPSA) is 74.3 Å². The van der Waals surface area contributed by atoms with Crippen molar-refractivity contribution in [2.45, 2.75) is 19.3 Å². The zero-order chi connectivity index (χ0) is 21.5. The summed E-state index contributed by atoms with van der Waals surface area (Å²) in [5.74, 6) is -0.394. The van der Waals surface area contributed by atoms with E-state index in [9.17, 15) is 9.59 Å². The molecule has 2 heterocycles. The van der Waals surface area contributed by atoms with Gasteiger partial charge >= 0.3 is 0 Å². The molecule has 4 rings (SSSR count). The average molecular weight is 415 g/mol. The third-order valence-corrected chi connectivity index (χ3v) is 5.39. The normalized spacial score (nSPS) is 13.1. The van der Waals surface area contributed by atoms with Crippen LogP contribution in [0.15, 0.2) is 72.9 Å². The Kier molecular flexibility index (Phi) is 6.57. The van der Waals surface area contributed by atoms with Crippen LogP contribution in [0.2, 0.25) is 0 Å². The minimum absolute atomic E-state index is 0.131. The summed E-state index contributed by atoms with van der Waals surface area (Å²) in [5, 5.41) is 5.78. The van der Waals surface area contributed by atoms with E-state index in [0.717, 1.165) is 25.2 Å². The lowest BCUT2D eigenvalue weighted by Gasteiger charge is -2.17. The van der Waals surface area contributed by atoms with Crippen LogP contribution in [0.1, 0.15) is 39.3 Å². The summed E-state index contributed by atoms with van der Waals surface area (Å²) < 4.78 is 0. The summed E-state index contributed by atoms with van der Waals surface area (Å²) in [4.78, 5) is 31.4. The van der Waals surface area contributed by atoms with Crippen LogP contribution in [0, 0.1) is 0 Å². The molecule has 6 heteroatoms. The van der Waals surface area contributed by atoms with Crippen LogP contribution >= 0.6 is 0 Å². The molecular formula is C25H26N4O2. The van der Waals surface area contributed by atoms with Gasteiger partial charge in [-0.05, 0) is 61.2 Å². The number of carbonyl (C=O) groups excluding carboxylic acids is 2. The van der Waals surface area contributed by atoms with Gasteiger partial charge in [0.2, 0.25) is 0 Å². The summed E-state index contributed by atoms with van der Waals surface area (Å²) in [6.07, 6.45) is 4.81. The van der Waals surface area contributed by atoms with Gasteiger partial charge in [0.25, 0.3) is 11.8 Å². The second-order valence-corrected chi connectivity index (χ2v) is 7.62. The van der Waals surface area contributed by atoms with E-state index in [1.165, 1.54) is 18.4 Å². The summed E-state index contributed by atoms with van der Waals surface area (Å²) in [5.41, 5.74) is 3.77. The van der Waals surface area contributed by atoms with Crippen LogP contribution in [-0.2, 0) is 6.42 Å². The second-order valence-electron chi connectivity index (χ2n) is 7.62. The molecule has 0 unspecified atom stereocenters. The lowest BCUT2D eigenvalue weighted by Crippen LogP contribution is -2.25. The van der Waals surface area contributed by atoms with E-state index >= 15 is 0 Å². The average Bonchev–Trinajstić information content (AvgIpc) is 3.35. The number of nitrogens with zero attached hydrogens (tertiary/aromatic N) is 2. The molecule has 1 aromatic heterocycles. The lowest BCUT2D eigenvalue weighted by atomic mass is 10.1. The molecule has 3 aromatic rings. The highest BCUT2D eigenvalue weighted by molar-refractivity contribution is 6.03. The molecule has 1 fully saturated rings. The number of anilines is 2. The zero-order valence-corrected chi connectivity index (χ0v) is 17.4. The molecule has 158 valence electrons. The Morgan fingerprint density at radius 2 is 1.65 bits per heavy atom. The van der Waals surface area contributed by atoms with Crippen molar-refractivity contribution >= 4 is 23.2 Å². The Hall–Kier alpha value is -3.67. The van der Waals surface area contributed by atoms with Crippen molar-refractivity contribution in [3.63, 3.8) is 0 Å². The smallest absolute Gasteiger partial charge is 0.274 e. The van der Waals surface area contributed by atoms with E-state index in [-0.39, 0.29) is 11.8 Å². The van der Waals surface area contributed by atoms with E-state index in [4.69, 9.17) is 0 Å². The molecule has 0 spiro atoms. The summed E-state index contributed by atoms with van der Waals surface area (Å²) in [6.45, 7) is 2.60. The predicted molar refractivity (Wildman–Crippen MR) is 123 cm³/mol. The van der Waals surface area contributed by atoms with Gasteiger partial charge in [0, 0.05) is 42.8 Å². The van der Waals surface area contributed by atoms with Gasteiger partial charge in [0.1, 0.15) is 5.69 Å². The number of hydrogen-bond donors (Lipinski definition) is 2. The molecule has 0 radical (unpaired) electrons. The molecular weight excluding hydrogens is 388 g/mol. The van der Waals surface area contributed by atoms with Gasteiger partial charge in [-0.1, -0.05) is 30.3 Å². The van der Waals surface area contributed by atoms with E-state index in [1.807, 2.05) is 42.5 Å². The third kappa shape index (κ3) is 5.48. The Bertz CT molecular complexity index is 1030. The minimum atomic E-state index is -0.263. The highest BCUT2D eigenvalue weighted by Gasteiger charge is 2.15. The van der Waals surface area contributed by atoms with Gasteiger partial charge in [-0.25, -0.2) is 0 Å². The van der Waals surface area contributed by atoms with Crippen molar-refractivity contribution in [3.05, 3.63) is 89.7 Å². The molecule has 31 heavy (non-hydrogen) atoms. The first-order valence-electron chi connectivity index (χ1n) is 10.6. The number of amides is 2. The van der Waals surface area contributed by atoms with Crippen molar-refractivity contribution in [1.82, 2.24) is 10.3 Å². The van der Waals surface area contributed by atoms with Gasteiger partial charge in [-0.15, -0.1) is 0 Å². The molecule has 2 N–H and O–H groups in total. The van der Waals surface area contributed by atoms with Gasteiger partial charge in [0.05, 0.1) is 0 Å². The Labute approximate surface area is 182 Å². The molecule has 1 aliphatic heterocycles. The number of rotatable bonds is 7. The van der Waals surface area contributed by atoms with Gasteiger partial charge < -0.3 is 15.5 Å². The van der Waals surface area contributed by atoms with Crippen LogP contribution in [0.5, 0.6) is 0 Å². The van der Waals surface area contributed by atoms with Gasteiger partial charge in [-0.3, -0.25) is 14.6 Å². The molecule has 2 amide bonds. The predicted octanol–water partition coefficient (Wildman–Crippen LogP) is 3.91. The molecule has 2 aromatic carbocycles. The summed E-state index contributed by atoms with van der Waals surface area (Å²) >= 11 is 0. The van der Waals surface area contributed by atoms with Gasteiger partial charge in [-0.2, -0.15) is 0 Å². The molecule has 0 aliphatic carbocycles.